The van der Waals surface area contributed by atoms with Crippen LogP contribution in [-0.2, 0) is 14.8 Å². The number of aryl methyl sites for hydroxylation is 5. The van der Waals surface area contributed by atoms with Crippen molar-refractivity contribution in [3.63, 3.8) is 0 Å². The Morgan fingerprint density at radius 1 is 0.963 bits per heavy atom. The fourth-order valence-corrected chi connectivity index (χ4v) is 4.41. The zero-order valence-electron chi connectivity index (χ0n) is 16.2. The Kier molecular flexibility index (Phi) is 6.50. The van der Waals surface area contributed by atoms with Gasteiger partial charge in [-0.3, -0.25) is 15.6 Å². The van der Waals surface area contributed by atoms with E-state index in [1.165, 1.54) is 0 Å². The molecule has 0 bridgehead atoms. The Morgan fingerprint density at radius 3 is 2.07 bits per heavy atom. The summed E-state index contributed by atoms with van der Waals surface area (Å²) in [6.07, 6.45) is -0.0268. The van der Waals surface area contributed by atoms with E-state index in [0.717, 1.165) is 17.0 Å². The molecule has 146 valence electrons. The van der Waals surface area contributed by atoms with Crippen molar-refractivity contribution in [2.24, 2.45) is 0 Å². The Hall–Kier alpha value is -2.52. The lowest BCUT2D eigenvalue weighted by Crippen LogP contribution is -2.34. The average molecular weight is 391 g/mol. The molecule has 1 heterocycles. The van der Waals surface area contributed by atoms with Gasteiger partial charge in [0.1, 0.15) is 0 Å². The first-order valence-electron chi connectivity index (χ1n) is 8.53. The first-order chi connectivity index (χ1) is 12.6. The summed E-state index contributed by atoms with van der Waals surface area (Å²) in [7, 11) is -3.69. The highest BCUT2D eigenvalue weighted by Crippen LogP contribution is 2.21. The summed E-state index contributed by atoms with van der Waals surface area (Å²) in [5.41, 5.74) is 9.00. The molecule has 0 spiro atoms. The second kappa shape index (κ2) is 8.45. The first-order valence-corrected chi connectivity index (χ1v) is 10.0. The van der Waals surface area contributed by atoms with Crippen LogP contribution in [0.5, 0.6) is 0 Å². The summed E-state index contributed by atoms with van der Waals surface area (Å²) in [6, 6.07) is 5.46. The summed E-state index contributed by atoms with van der Waals surface area (Å²) >= 11 is 0. The van der Waals surface area contributed by atoms with E-state index in [-0.39, 0.29) is 29.7 Å². The van der Waals surface area contributed by atoms with Gasteiger partial charge < -0.3 is 0 Å². The number of nitrogens with one attached hydrogen (secondary N) is 3. The van der Waals surface area contributed by atoms with Crippen molar-refractivity contribution < 1.29 is 13.2 Å². The molecule has 0 atom stereocenters. The number of anilines is 1. The van der Waals surface area contributed by atoms with Gasteiger partial charge in [-0.2, -0.15) is 0 Å². The predicted octanol–water partition coefficient (Wildman–Crippen LogP) is 1.83. The lowest BCUT2D eigenvalue weighted by atomic mass is 10.1. The molecule has 0 aliphatic heterocycles. The molecule has 0 radical (unpaired) electrons. The van der Waals surface area contributed by atoms with Crippen LogP contribution in [0, 0.1) is 34.6 Å². The lowest BCUT2D eigenvalue weighted by molar-refractivity contribution is -0.120. The average Bonchev–Trinajstić information content (AvgIpc) is 2.50. The van der Waals surface area contributed by atoms with Crippen molar-refractivity contribution in [1.82, 2.24) is 20.1 Å². The summed E-state index contributed by atoms with van der Waals surface area (Å²) in [6.45, 7) is 9.07. The molecule has 1 amide bonds. The maximum atomic E-state index is 12.5. The molecule has 1 aromatic carbocycles. The summed E-state index contributed by atoms with van der Waals surface area (Å²) in [5.74, 6) is -0.0925. The second-order valence-electron chi connectivity index (χ2n) is 6.52. The molecule has 0 aliphatic rings. The van der Waals surface area contributed by atoms with Crippen LogP contribution < -0.4 is 15.6 Å². The van der Waals surface area contributed by atoms with Crippen molar-refractivity contribution in [2.75, 3.05) is 12.0 Å². The quantitative estimate of drug-likeness (QED) is 0.621. The van der Waals surface area contributed by atoms with Crippen LogP contribution >= 0.6 is 0 Å². The third kappa shape index (κ3) is 5.73. The van der Waals surface area contributed by atoms with Gasteiger partial charge in [0, 0.05) is 24.4 Å². The molecule has 0 fully saturated rings. The second-order valence-corrected chi connectivity index (χ2v) is 8.23. The number of aromatic nitrogens is 2. The molecule has 0 aliphatic carbocycles. The fraction of sp³-hybridized carbons (Fsp3) is 0.389. The first kappa shape index (κ1) is 20.8. The number of rotatable bonds is 7. The third-order valence-electron chi connectivity index (χ3n) is 3.81. The highest BCUT2D eigenvalue weighted by atomic mass is 32.2. The number of hydrazine groups is 1. The highest BCUT2D eigenvalue weighted by molar-refractivity contribution is 7.89. The summed E-state index contributed by atoms with van der Waals surface area (Å²) in [4.78, 5) is 20.5. The van der Waals surface area contributed by atoms with Crippen molar-refractivity contribution in [3.8, 4) is 0 Å². The topological polar surface area (TPSA) is 113 Å². The number of nitrogens with zero attached hydrogens (tertiary/aromatic N) is 2. The number of hydrogen-bond donors (Lipinski definition) is 3. The van der Waals surface area contributed by atoms with Gasteiger partial charge in [0.25, 0.3) is 0 Å². The smallest absolute Gasteiger partial charge is 0.242 e. The van der Waals surface area contributed by atoms with Gasteiger partial charge in [-0.25, -0.2) is 23.1 Å². The maximum Gasteiger partial charge on any atom is 0.242 e. The van der Waals surface area contributed by atoms with Crippen LogP contribution in [0.2, 0.25) is 0 Å². The Balaban J connectivity index is 1.90. The SMILES string of the molecule is Cc1cc(C)c(S(=O)(=O)NCCC(=O)NNc2nc(C)cc(C)n2)c(C)c1. The largest absolute Gasteiger partial charge is 0.273 e. The molecule has 27 heavy (non-hydrogen) atoms. The van der Waals surface area contributed by atoms with E-state index in [1.54, 1.807) is 13.8 Å². The number of carbonyl (C=O) groups excluding carboxylic acids is 1. The van der Waals surface area contributed by atoms with Gasteiger partial charge in [-0.1, -0.05) is 17.7 Å². The van der Waals surface area contributed by atoms with Crippen molar-refractivity contribution in [2.45, 2.75) is 45.9 Å². The van der Waals surface area contributed by atoms with Crippen LogP contribution in [0.15, 0.2) is 23.1 Å². The van der Waals surface area contributed by atoms with Gasteiger partial charge >= 0.3 is 0 Å². The highest BCUT2D eigenvalue weighted by Gasteiger charge is 2.19. The Bertz CT molecular complexity index is 914. The van der Waals surface area contributed by atoms with Crippen LogP contribution in [0.3, 0.4) is 0 Å². The zero-order chi connectivity index (χ0) is 20.2. The molecule has 2 aromatic rings. The molecule has 1 aromatic heterocycles. The minimum absolute atomic E-state index is 0.0176. The van der Waals surface area contributed by atoms with E-state index in [2.05, 4.69) is 25.5 Å². The number of benzene rings is 1. The maximum absolute atomic E-state index is 12.5. The number of amides is 1. The molecule has 9 heteroatoms. The Morgan fingerprint density at radius 2 is 1.52 bits per heavy atom. The van der Waals surface area contributed by atoms with E-state index < -0.39 is 10.0 Å². The molecule has 0 saturated heterocycles. The summed E-state index contributed by atoms with van der Waals surface area (Å²) < 4.78 is 27.6. The Labute approximate surface area is 159 Å². The molecular weight excluding hydrogens is 366 g/mol. The normalized spacial score (nSPS) is 11.3. The van der Waals surface area contributed by atoms with Gasteiger partial charge in [0.2, 0.25) is 21.9 Å². The monoisotopic (exact) mass is 391 g/mol. The molecule has 3 N–H and O–H groups in total. The molecular formula is C18H25N5O3S. The molecule has 8 nitrogen and oxygen atoms in total. The van der Waals surface area contributed by atoms with Crippen molar-refractivity contribution in [3.05, 3.63) is 46.3 Å². The van der Waals surface area contributed by atoms with Gasteiger partial charge in [0.05, 0.1) is 4.90 Å². The molecule has 0 saturated carbocycles. The zero-order valence-corrected chi connectivity index (χ0v) is 17.0. The third-order valence-corrected chi connectivity index (χ3v) is 5.58. The van der Waals surface area contributed by atoms with E-state index >= 15 is 0 Å². The minimum Gasteiger partial charge on any atom is -0.273 e. The summed E-state index contributed by atoms with van der Waals surface area (Å²) in [5, 5.41) is 0. The minimum atomic E-state index is -3.69. The van der Waals surface area contributed by atoms with Crippen LogP contribution in [0.25, 0.3) is 0 Å². The molecule has 2 rings (SSSR count). The van der Waals surface area contributed by atoms with Crippen molar-refractivity contribution in [1.29, 1.82) is 0 Å². The van der Waals surface area contributed by atoms with E-state index in [0.29, 0.717) is 11.1 Å². The molecule has 0 unspecified atom stereocenters. The van der Waals surface area contributed by atoms with Crippen LogP contribution in [-0.4, -0.2) is 30.8 Å². The van der Waals surface area contributed by atoms with Gasteiger partial charge in [0.15, 0.2) is 0 Å². The fourth-order valence-electron chi connectivity index (χ4n) is 2.93. The lowest BCUT2D eigenvalue weighted by Gasteiger charge is -2.13. The number of hydrogen-bond acceptors (Lipinski definition) is 6. The number of carbonyl (C=O) groups is 1. The van der Waals surface area contributed by atoms with E-state index in [9.17, 15) is 13.2 Å². The van der Waals surface area contributed by atoms with Crippen molar-refractivity contribution >= 4 is 21.9 Å². The van der Waals surface area contributed by atoms with E-state index in [1.807, 2.05) is 39.0 Å². The predicted molar refractivity (Wildman–Crippen MR) is 104 cm³/mol. The van der Waals surface area contributed by atoms with Gasteiger partial charge in [-0.15, -0.1) is 0 Å². The van der Waals surface area contributed by atoms with Gasteiger partial charge in [-0.05, 0) is 51.8 Å². The van der Waals surface area contributed by atoms with Crippen LogP contribution in [0.1, 0.15) is 34.5 Å². The number of sulfonamides is 1. The van der Waals surface area contributed by atoms with E-state index in [4.69, 9.17) is 0 Å². The standard InChI is InChI=1S/C18H25N5O3S/c1-11-8-12(2)17(13(3)9-11)27(25,26)19-7-6-16(24)22-23-18-20-14(4)10-15(5)21-18/h8-10,19H,6-7H2,1-5H3,(H,22,24)(H,20,21,23). The van der Waals surface area contributed by atoms with Crippen LogP contribution in [0.4, 0.5) is 5.95 Å².